The number of carbonyl (C=O) groups excluding carboxylic acids is 1. The highest BCUT2D eigenvalue weighted by Crippen LogP contribution is 2.25. The van der Waals surface area contributed by atoms with Crippen LogP contribution in [0.5, 0.6) is 0 Å². The summed E-state index contributed by atoms with van der Waals surface area (Å²) < 4.78 is 5.80. The topological polar surface area (TPSA) is 78.9 Å². The van der Waals surface area contributed by atoms with Crippen LogP contribution in [0.3, 0.4) is 0 Å². The Hall–Kier alpha value is -1.30. The SMILES string of the molecule is CC1CN(C(=O)NC2CCC(C(=O)O)CC2)CC(C)(C)O1. The van der Waals surface area contributed by atoms with Crippen LogP contribution in [-0.2, 0) is 9.53 Å². The third-order valence-electron chi connectivity index (χ3n) is 4.26. The number of nitrogens with one attached hydrogen (secondary N) is 1. The minimum atomic E-state index is -0.719. The maximum Gasteiger partial charge on any atom is 0.317 e. The van der Waals surface area contributed by atoms with Crippen LogP contribution in [-0.4, -0.2) is 52.8 Å². The molecule has 1 heterocycles. The van der Waals surface area contributed by atoms with E-state index in [1.165, 1.54) is 0 Å². The summed E-state index contributed by atoms with van der Waals surface area (Å²) in [4.78, 5) is 25.1. The van der Waals surface area contributed by atoms with E-state index in [2.05, 4.69) is 5.32 Å². The van der Waals surface area contributed by atoms with Gasteiger partial charge in [-0.3, -0.25) is 4.79 Å². The van der Waals surface area contributed by atoms with E-state index in [0.29, 0.717) is 25.9 Å². The maximum atomic E-state index is 12.4. The zero-order valence-corrected chi connectivity index (χ0v) is 13.1. The van der Waals surface area contributed by atoms with Crippen molar-refractivity contribution in [3.05, 3.63) is 0 Å². The number of carboxylic acids is 1. The smallest absolute Gasteiger partial charge is 0.317 e. The van der Waals surface area contributed by atoms with Gasteiger partial charge >= 0.3 is 12.0 Å². The van der Waals surface area contributed by atoms with Crippen molar-refractivity contribution in [3.8, 4) is 0 Å². The molecule has 1 saturated heterocycles. The van der Waals surface area contributed by atoms with Gasteiger partial charge in [0, 0.05) is 12.6 Å². The highest BCUT2D eigenvalue weighted by atomic mass is 16.5. The van der Waals surface area contributed by atoms with Gasteiger partial charge < -0.3 is 20.1 Å². The van der Waals surface area contributed by atoms with Gasteiger partial charge in [0.2, 0.25) is 0 Å². The van der Waals surface area contributed by atoms with Gasteiger partial charge in [-0.15, -0.1) is 0 Å². The normalized spacial score (nSPS) is 32.5. The van der Waals surface area contributed by atoms with E-state index in [-0.39, 0.29) is 29.7 Å². The number of hydrogen-bond donors (Lipinski definition) is 2. The molecule has 2 fully saturated rings. The second kappa shape index (κ2) is 6.22. The van der Waals surface area contributed by atoms with E-state index in [9.17, 15) is 9.59 Å². The Morgan fingerprint density at radius 2 is 1.86 bits per heavy atom. The first-order valence-electron chi connectivity index (χ1n) is 7.73. The number of rotatable bonds is 2. The van der Waals surface area contributed by atoms with Crippen molar-refractivity contribution in [1.29, 1.82) is 0 Å². The fraction of sp³-hybridized carbons (Fsp3) is 0.867. The van der Waals surface area contributed by atoms with Gasteiger partial charge in [0.15, 0.2) is 0 Å². The first-order chi connectivity index (χ1) is 9.77. The lowest BCUT2D eigenvalue weighted by atomic mass is 9.86. The number of ether oxygens (including phenoxy) is 1. The number of morpholine rings is 1. The van der Waals surface area contributed by atoms with Crippen molar-refractivity contribution < 1.29 is 19.4 Å². The van der Waals surface area contributed by atoms with Crippen LogP contribution in [0, 0.1) is 5.92 Å². The van der Waals surface area contributed by atoms with Crippen LogP contribution < -0.4 is 5.32 Å². The molecule has 0 aromatic carbocycles. The summed E-state index contributed by atoms with van der Waals surface area (Å²) >= 11 is 0. The Labute approximate surface area is 125 Å². The number of carboxylic acid groups (broad SMARTS) is 1. The first kappa shape index (κ1) is 16.1. The molecule has 0 bridgehead atoms. The fourth-order valence-corrected chi connectivity index (χ4v) is 3.36. The molecule has 6 nitrogen and oxygen atoms in total. The largest absolute Gasteiger partial charge is 0.481 e. The molecule has 0 radical (unpaired) electrons. The Balaban J connectivity index is 1.83. The molecule has 1 saturated carbocycles. The molecule has 0 aromatic heterocycles. The van der Waals surface area contributed by atoms with Crippen molar-refractivity contribution >= 4 is 12.0 Å². The van der Waals surface area contributed by atoms with Gasteiger partial charge in [0.1, 0.15) is 0 Å². The van der Waals surface area contributed by atoms with Gasteiger partial charge in [-0.25, -0.2) is 4.79 Å². The predicted molar refractivity (Wildman–Crippen MR) is 78.1 cm³/mol. The molecule has 2 rings (SSSR count). The third kappa shape index (κ3) is 4.33. The lowest BCUT2D eigenvalue weighted by Crippen LogP contribution is -2.57. The number of aliphatic carboxylic acids is 1. The number of urea groups is 1. The zero-order valence-electron chi connectivity index (χ0n) is 13.1. The van der Waals surface area contributed by atoms with Gasteiger partial charge in [-0.2, -0.15) is 0 Å². The molecule has 2 amide bonds. The summed E-state index contributed by atoms with van der Waals surface area (Å²) in [7, 11) is 0. The molecule has 0 spiro atoms. The van der Waals surface area contributed by atoms with Crippen molar-refractivity contribution in [2.75, 3.05) is 13.1 Å². The van der Waals surface area contributed by atoms with Crippen molar-refractivity contribution in [3.63, 3.8) is 0 Å². The van der Waals surface area contributed by atoms with Crippen molar-refractivity contribution in [2.45, 2.75) is 64.2 Å². The molecular weight excluding hydrogens is 272 g/mol. The average molecular weight is 298 g/mol. The highest BCUT2D eigenvalue weighted by Gasteiger charge is 2.35. The number of nitrogens with zero attached hydrogens (tertiary/aromatic N) is 1. The van der Waals surface area contributed by atoms with E-state index in [1.54, 1.807) is 4.90 Å². The van der Waals surface area contributed by atoms with Gasteiger partial charge in [0.05, 0.1) is 24.2 Å². The standard InChI is InChI=1S/C15H26N2O4/c1-10-8-17(9-15(2,3)21-10)14(20)16-12-6-4-11(5-7-12)13(18)19/h10-12H,4-9H2,1-3H3,(H,16,20)(H,18,19). The quantitative estimate of drug-likeness (QED) is 0.815. The fourth-order valence-electron chi connectivity index (χ4n) is 3.36. The number of amides is 2. The highest BCUT2D eigenvalue weighted by molar-refractivity contribution is 5.75. The van der Waals surface area contributed by atoms with Crippen LogP contribution in [0.1, 0.15) is 46.5 Å². The predicted octanol–water partition coefficient (Wildman–Crippen LogP) is 1.84. The minimum Gasteiger partial charge on any atom is -0.481 e. The molecule has 2 N–H and O–H groups in total. The molecule has 1 aliphatic carbocycles. The number of carbonyl (C=O) groups is 2. The Morgan fingerprint density at radius 3 is 2.38 bits per heavy atom. The van der Waals surface area contributed by atoms with E-state index in [1.807, 2.05) is 20.8 Å². The number of hydrogen-bond acceptors (Lipinski definition) is 3. The average Bonchev–Trinajstić information content (AvgIpc) is 2.36. The van der Waals surface area contributed by atoms with E-state index >= 15 is 0 Å². The molecular formula is C15H26N2O4. The van der Waals surface area contributed by atoms with Crippen LogP contribution >= 0.6 is 0 Å². The van der Waals surface area contributed by atoms with Crippen LogP contribution in [0.25, 0.3) is 0 Å². The lowest BCUT2D eigenvalue weighted by Gasteiger charge is -2.42. The van der Waals surface area contributed by atoms with Crippen LogP contribution in [0.15, 0.2) is 0 Å². The summed E-state index contributed by atoms with van der Waals surface area (Å²) in [5.41, 5.74) is -0.323. The molecule has 21 heavy (non-hydrogen) atoms. The summed E-state index contributed by atoms with van der Waals surface area (Å²) in [5, 5.41) is 12.0. The minimum absolute atomic E-state index is 0.0299. The van der Waals surface area contributed by atoms with E-state index in [4.69, 9.17) is 9.84 Å². The molecule has 120 valence electrons. The summed E-state index contributed by atoms with van der Waals surface area (Å²) in [6.07, 6.45) is 2.80. The molecule has 1 aliphatic heterocycles. The second-order valence-electron chi connectivity index (χ2n) is 6.90. The third-order valence-corrected chi connectivity index (χ3v) is 4.26. The zero-order chi connectivity index (χ0) is 15.6. The molecule has 1 unspecified atom stereocenters. The van der Waals surface area contributed by atoms with Crippen molar-refractivity contribution in [2.24, 2.45) is 5.92 Å². The van der Waals surface area contributed by atoms with Crippen LogP contribution in [0.2, 0.25) is 0 Å². The van der Waals surface area contributed by atoms with Gasteiger partial charge in [-0.1, -0.05) is 0 Å². The second-order valence-corrected chi connectivity index (χ2v) is 6.90. The molecule has 2 aliphatic rings. The first-order valence-corrected chi connectivity index (χ1v) is 7.73. The van der Waals surface area contributed by atoms with E-state index < -0.39 is 5.97 Å². The molecule has 6 heteroatoms. The maximum absolute atomic E-state index is 12.4. The molecule has 0 aromatic rings. The molecule has 1 atom stereocenters. The van der Waals surface area contributed by atoms with Crippen molar-refractivity contribution in [1.82, 2.24) is 10.2 Å². The van der Waals surface area contributed by atoms with Gasteiger partial charge in [0.25, 0.3) is 0 Å². The Kier molecular flexibility index (Phi) is 4.76. The summed E-state index contributed by atoms with van der Waals surface area (Å²) in [5.74, 6) is -0.968. The van der Waals surface area contributed by atoms with Gasteiger partial charge in [-0.05, 0) is 46.5 Å². The Bertz CT molecular complexity index is 402. The summed E-state index contributed by atoms with van der Waals surface area (Å²) in [6, 6.07) is 0.0337. The Morgan fingerprint density at radius 1 is 1.24 bits per heavy atom. The van der Waals surface area contributed by atoms with E-state index in [0.717, 1.165) is 12.8 Å². The van der Waals surface area contributed by atoms with Crippen LogP contribution in [0.4, 0.5) is 4.79 Å². The summed E-state index contributed by atoms with van der Waals surface area (Å²) in [6.45, 7) is 7.12. The lowest BCUT2D eigenvalue weighted by molar-refractivity contribution is -0.142. The monoisotopic (exact) mass is 298 g/mol.